The van der Waals surface area contributed by atoms with Gasteiger partial charge in [-0.05, 0) is 43.7 Å². The highest BCUT2D eigenvalue weighted by Gasteiger charge is 2.32. The zero-order valence-electron chi connectivity index (χ0n) is 18.3. The van der Waals surface area contributed by atoms with Gasteiger partial charge in [-0.1, -0.05) is 29.4 Å². The molecule has 182 valence electrons. The summed E-state index contributed by atoms with van der Waals surface area (Å²) in [6.07, 6.45) is -6.30. The Morgan fingerprint density at radius 2 is 1.82 bits per heavy atom. The number of benzene rings is 2. The number of nitrogens with zero attached hydrogens (tertiary/aromatic N) is 2. The third-order valence-corrected chi connectivity index (χ3v) is 7.01. The van der Waals surface area contributed by atoms with Crippen molar-refractivity contribution in [2.75, 3.05) is 7.05 Å². The molecular weight excluding hydrogens is 477 g/mol. The van der Waals surface area contributed by atoms with Crippen LogP contribution >= 0.6 is 0 Å². The maximum atomic E-state index is 13.0. The third kappa shape index (κ3) is 5.39. The second-order valence-electron chi connectivity index (χ2n) is 7.52. The van der Waals surface area contributed by atoms with E-state index in [-0.39, 0.29) is 34.2 Å². The maximum Gasteiger partial charge on any atom is 0.416 e. The molecule has 2 aromatic carbocycles. The lowest BCUT2D eigenvalue weighted by Crippen LogP contribution is -2.27. The minimum atomic E-state index is -4.63. The Kier molecular flexibility index (Phi) is 7.03. The van der Waals surface area contributed by atoms with Crippen LogP contribution in [0.3, 0.4) is 0 Å². The molecule has 3 aromatic rings. The molecule has 34 heavy (non-hydrogen) atoms. The molecule has 0 fully saturated rings. The first-order valence-electron chi connectivity index (χ1n) is 9.85. The number of halogens is 3. The van der Waals surface area contributed by atoms with Gasteiger partial charge in [0.2, 0.25) is 16.1 Å². The Balaban J connectivity index is 1.77. The van der Waals surface area contributed by atoms with Crippen LogP contribution in [0.5, 0.6) is 5.75 Å². The molecule has 1 atom stereocenters. The summed E-state index contributed by atoms with van der Waals surface area (Å²) < 4.78 is 76.1. The Labute approximate surface area is 193 Å². The minimum Gasteiger partial charge on any atom is -0.478 e. The summed E-state index contributed by atoms with van der Waals surface area (Å²) in [4.78, 5) is 11.6. The van der Waals surface area contributed by atoms with Crippen molar-refractivity contribution in [1.29, 1.82) is 0 Å². The van der Waals surface area contributed by atoms with Crippen LogP contribution in [0, 0.1) is 13.8 Å². The normalized spacial score (nSPS) is 13.1. The van der Waals surface area contributed by atoms with Crippen molar-refractivity contribution in [2.45, 2.75) is 37.6 Å². The van der Waals surface area contributed by atoms with E-state index < -0.39 is 33.8 Å². The van der Waals surface area contributed by atoms with E-state index in [0.29, 0.717) is 5.56 Å². The van der Waals surface area contributed by atoms with Crippen molar-refractivity contribution >= 4 is 16.0 Å². The lowest BCUT2D eigenvalue weighted by Gasteiger charge is -2.19. The minimum absolute atomic E-state index is 0.0112. The first-order chi connectivity index (χ1) is 15.8. The van der Waals surface area contributed by atoms with Gasteiger partial charge in [0.15, 0.2) is 5.76 Å². The molecule has 0 saturated heterocycles. The zero-order chi connectivity index (χ0) is 25.3. The second-order valence-corrected chi connectivity index (χ2v) is 9.50. The van der Waals surface area contributed by atoms with Gasteiger partial charge < -0.3 is 14.4 Å². The average molecular weight is 498 g/mol. The molecule has 1 aromatic heterocycles. The standard InChI is InChI=1S/C22H21F3N2O6S/c1-13-20(14(2)33-26-13)34(30,31)27(3)12-15-7-9-18(10-8-15)32-19(21(28)29)16-5-4-6-17(11-16)22(23,24)25/h4-11,19H,12H2,1-3H3,(H,28,29). The van der Waals surface area contributed by atoms with E-state index in [0.717, 1.165) is 22.5 Å². The highest BCUT2D eigenvalue weighted by molar-refractivity contribution is 7.89. The number of carboxylic acids is 1. The molecule has 0 bridgehead atoms. The zero-order valence-corrected chi connectivity index (χ0v) is 19.1. The van der Waals surface area contributed by atoms with Gasteiger partial charge in [-0.15, -0.1) is 0 Å². The number of aryl methyl sites for hydroxylation is 2. The molecule has 8 nitrogen and oxygen atoms in total. The summed E-state index contributed by atoms with van der Waals surface area (Å²) >= 11 is 0. The summed E-state index contributed by atoms with van der Waals surface area (Å²) in [5.41, 5.74) is -0.354. The molecule has 0 amide bonds. The Bertz CT molecular complexity index is 1270. The first kappa shape index (κ1) is 25.2. The molecule has 1 heterocycles. The fourth-order valence-electron chi connectivity index (χ4n) is 3.29. The Hall–Kier alpha value is -3.38. The number of carbonyl (C=O) groups is 1. The quantitative estimate of drug-likeness (QED) is 0.492. The van der Waals surface area contributed by atoms with E-state index in [4.69, 9.17) is 9.26 Å². The average Bonchev–Trinajstić information content (AvgIpc) is 3.11. The molecule has 3 rings (SSSR count). The predicted octanol–water partition coefficient (Wildman–Crippen LogP) is 4.34. The van der Waals surface area contributed by atoms with Crippen molar-refractivity contribution in [3.8, 4) is 5.75 Å². The first-order valence-corrected chi connectivity index (χ1v) is 11.3. The SMILES string of the molecule is Cc1noc(C)c1S(=O)(=O)N(C)Cc1ccc(OC(C(=O)O)c2cccc(C(F)(F)F)c2)cc1. The van der Waals surface area contributed by atoms with Gasteiger partial charge in [-0.2, -0.15) is 17.5 Å². The van der Waals surface area contributed by atoms with Crippen LogP contribution in [0.4, 0.5) is 13.2 Å². The molecule has 0 saturated carbocycles. The largest absolute Gasteiger partial charge is 0.478 e. The number of aliphatic carboxylic acids is 1. The Morgan fingerprint density at radius 3 is 2.35 bits per heavy atom. The van der Waals surface area contributed by atoms with Crippen LogP contribution in [-0.2, 0) is 27.5 Å². The monoisotopic (exact) mass is 498 g/mol. The van der Waals surface area contributed by atoms with Gasteiger partial charge in [0, 0.05) is 19.2 Å². The van der Waals surface area contributed by atoms with Crippen LogP contribution in [0.2, 0.25) is 0 Å². The van der Waals surface area contributed by atoms with Crippen LogP contribution in [0.1, 0.15) is 34.2 Å². The van der Waals surface area contributed by atoms with Crippen molar-refractivity contribution in [3.63, 3.8) is 0 Å². The van der Waals surface area contributed by atoms with E-state index >= 15 is 0 Å². The molecule has 0 aliphatic rings. The van der Waals surface area contributed by atoms with E-state index in [1.54, 1.807) is 0 Å². The second kappa shape index (κ2) is 9.47. The van der Waals surface area contributed by atoms with Crippen molar-refractivity contribution < 1.29 is 40.8 Å². The molecule has 12 heteroatoms. The van der Waals surface area contributed by atoms with Gasteiger partial charge >= 0.3 is 12.1 Å². The molecule has 1 unspecified atom stereocenters. The lowest BCUT2D eigenvalue weighted by atomic mass is 10.1. The van der Waals surface area contributed by atoms with Crippen molar-refractivity contribution in [2.24, 2.45) is 0 Å². The molecule has 0 spiro atoms. The maximum absolute atomic E-state index is 13.0. The number of rotatable bonds is 8. The fourth-order valence-corrected chi connectivity index (χ4v) is 4.73. The summed E-state index contributed by atoms with van der Waals surface area (Å²) in [6, 6.07) is 9.78. The van der Waals surface area contributed by atoms with E-state index in [1.165, 1.54) is 51.2 Å². The number of alkyl halides is 3. The molecule has 1 N–H and O–H groups in total. The van der Waals surface area contributed by atoms with Crippen molar-refractivity contribution in [1.82, 2.24) is 9.46 Å². The van der Waals surface area contributed by atoms with Crippen LogP contribution in [0.25, 0.3) is 0 Å². The summed E-state index contributed by atoms with van der Waals surface area (Å²) in [6.45, 7) is 3.01. The molecule has 0 radical (unpaired) electrons. The Morgan fingerprint density at radius 1 is 1.18 bits per heavy atom. The van der Waals surface area contributed by atoms with Crippen molar-refractivity contribution in [3.05, 3.63) is 76.7 Å². The molecule has 0 aliphatic heterocycles. The number of carboxylic acid groups (broad SMARTS) is 1. The number of hydrogen-bond donors (Lipinski definition) is 1. The van der Waals surface area contributed by atoms with E-state index in [1.807, 2.05) is 0 Å². The number of sulfonamides is 1. The fraction of sp³-hybridized carbons (Fsp3) is 0.273. The number of hydrogen-bond acceptors (Lipinski definition) is 6. The van der Waals surface area contributed by atoms with E-state index in [2.05, 4.69) is 5.16 Å². The van der Waals surface area contributed by atoms with Gasteiger partial charge in [-0.25, -0.2) is 13.2 Å². The van der Waals surface area contributed by atoms with Crippen LogP contribution in [-0.4, -0.2) is 36.0 Å². The van der Waals surface area contributed by atoms with Gasteiger partial charge in [0.05, 0.1) is 5.56 Å². The summed E-state index contributed by atoms with van der Waals surface area (Å²) in [7, 11) is -2.48. The summed E-state index contributed by atoms with van der Waals surface area (Å²) in [5, 5.41) is 13.1. The van der Waals surface area contributed by atoms with Gasteiger partial charge in [0.1, 0.15) is 16.3 Å². The van der Waals surface area contributed by atoms with E-state index in [9.17, 15) is 31.5 Å². The van der Waals surface area contributed by atoms with Crippen LogP contribution < -0.4 is 4.74 Å². The molecular formula is C22H21F3N2O6S. The van der Waals surface area contributed by atoms with Crippen LogP contribution in [0.15, 0.2) is 57.9 Å². The van der Waals surface area contributed by atoms with Gasteiger partial charge in [-0.3, -0.25) is 0 Å². The smallest absolute Gasteiger partial charge is 0.416 e. The predicted molar refractivity (Wildman–Crippen MR) is 114 cm³/mol. The lowest BCUT2D eigenvalue weighted by molar-refractivity contribution is -0.146. The number of aromatic nitrogens is 1. The topological polar surface area (TPSA) is 110 Å². The molecule has 0 aliphatic carbocycles. The summed E-state index contributed by atoms with van der Waals surface area (Å²) in [5.74, 6) is -1.21. The highest BCUT2D eigenvalue weighted by Crippen LogP contribution is 2.32. The highest BCUT2D eigenvalue weighted by atomic mass is 32.2. The number of ether oxygens (including phenoxy) is 1. The third-order valence-electron chi connectivity index (χ3n) is 4.96. The van der Waals surface area contributed by atoms with Gasteiger partial charge in [0.25, 0.3) is 0 Å².